The van der Waals surface area contributed by atoms with Crippen LogP contribution in [0.3, 0.4) is 0 Å². The minimum atomic E-state index is -0.187. The van der Waals surface area contributed by atoms with E-state index in [1.165, 1.54) is 11.8 Å². The summed E-state index contributed by atoms with van der Waals surface area (Å²) in [5.74, 6) is 1.75. The average molecular weight is 507 g/mol. The Labute approximate surface area is 212 Å². The minimum Gasteiger partial charge on any atom is -0.497 e. The lowest BCUT2D eigenvalue weighted by molar-refractivity contribution is -0.113. The lowest BCUT2D eigenvalue weighted by atomic mass is 10.2. The second-order valence-corrected chi connectivity index (χ2v) is 8.55. The van der Waals surface area contributed by atoms with Gasteiger partial charge in [0.05, 0.1) is 25.2 Å². The van der Waals surface area contributed by atoms with Gasteiger partial charge in [0.15, 0.2) is 11.5 Å². The molecule has 11 heteroatoms. The minimum absolute atomic E-state index is 0.167. The molecule has 0 bridgehead atoms. The van der Waals surface area contributed by atoms with Crippen molar-refractivity contribution in [2.75, 3.05) is 31.3 Å². The van der Waals surface area contributed by atoms with Crippen molar-refractivity contribution in [3.63, 3.8) is 0 Å². The fraction of sp³-hybridized carbons (Fsp3) is 0.240. The Balaban J connectivity index is 1.32. The number of ether oxygens (including phenoxy) is 2. The van der Waals surface area contributed by atoms with Gasteiger partial charge in [0.1, 0.15) is 16.5 Å². The van der Waals surface area contributed by atoms with Crippen LogP contribution in [0.15, 0.2) is 65.7 Å². The van der Waals surface area contributed by atoms with Crippen LogP contribution in [0.5, 0.6) is 11.5 Å². The predicted molar refractivity (Wildman–Crippen MR) is 137 cm³/mol. The normalized spacial score (nSPS) is 10.7. The lowest BCUT2D eigenvalue weighted by Gasteiger charge is -2.11. The van der Waals surface area contributed by atoms with Gasteiger partial charge in [-0.2, -0.15) is 9.61 Å². The second kappa shape index (κ2) is 12.0. The van der Waals surface area contributed by atoms with Crippen LogP contribution in [-0.4, -0.2) is 57.6 Å². The zero-order valence-electron chi connectivity index (χ0n) is 19.9. The fourth-order valence-electron chi connectivity index (χ4n) is 3.36. The maximum Gasteiger partial charge on any atom is 0.251 e. The van der Waals surface area contributed by atoms with Crippen molar-refractivity contribution >= 4 is 34.9 Å². The van der Waals surface area contributed by atoms with Crippen molar-refractivity contribution in [3.05, 3.63) is 72.1 Å². The van der Waals surface area contributed by atoms with Gasteiger partial charge in [0.25, 0.3) is 5.91 Å². The summed E-state index contributed by atoms with van der Waals surface area (Å²) in [6, 6.07) is 17.8. The molecular weight excluding hydrogens is 480 g/mol. The number of methoxy groups -OCH3 is 1. The summed E-state index contributed by atoms with van der Waals surface area (Å²) in [6.45, 7) is 2.77. The number of anilines is 1. The van der Waals surface area contributed by atoms with Crippen LogP contribution in [0, 0.1) is 0 Å². The van der Waals surface area contributed by atoms with Crippen molar-refractivity contribution in [1.29, 1.82) is 0 Å². The van der Waals surface area contributed by atoms with Crippen molar-refractivity contribution in [2.45, 2.75) is 18.4 Å². The molecule has 0 atom stereocenters. The third kappa shape index (κ3) is 6.30. The largest absolute Gasteiger partial charge is 0.497 e. The molecular formula is C25H26N6O4S. The molecule has 0 saturated heterocycles. The molecule has 0 aliphatic heterocycles. The summed E-state index contributed by atoms with van der Waals surface area (Å²) in [7, 11) is 1.58. The van der Waals surface area contributed by atoms with Gasteiger partial charge >= 0.3 is 0 Å². The van der Waals surface area contributed by atoms with Crippen molar-refractivity contribution in [2.24, 2.45) is 0 Å². The highest BCUT2D eigenvalue weighted by atomic mass is 32.2. The summed E-state index contributed by atoms with van der Waals surface area (Å²) in [5, 5.41) is 19.3. The number of carbonyl (C=O) groups excluding carboxylic acids is 2. The van der Waals surface area contributed by atoms with Gasteiger partial charge in [-0.15, -0.1) is 10.2 Å². The van der Waals surface area contributed by atoms with E-state index in [2.05, 4.69) is 25.9 Å². The Morgan fingerprint density at radius 1 is 1.03 bits per heavy atom. The summed E-state index contributed by atoms with van der Waals surface area (Å²) in [5.41, 5.74) is 1.76. The number of para-hydroxylation sites is 2. The summed E-state index contributed by atoms with van der Waals surface area (Å²) in [6.07, 6.45) is 0.443. The molecule has 36 heavy (non-hydrogen) atoms. The highest BCUT2D eigenvalue weighted by molar-refractivity contribution is 7.99. The average Bonchev–Trinajstić information content (AvgIpc) is 3.31. The van der Waals surface area contributed by atoms with Gasteiger partial charge in [0.2, 0.25) is 5.91 Å². The van der Waals surface area contributed by atoms with Crippen molar-refractivity contribution < 1.29 is 19.1 Å². The maximum absolute atomic E-state index is 12.5. The van der Waals surface area contributed by atoms with Crippen molar-refractivity contribution in [1.82, 2.24) is 25.1 Å². The Bertz CT molecular complexity index is 1340. The van der Waals surface area contributed by atoms with Gasteiger partial charge < -0.3 is 20.1 Å². The Morgan fingerprint density at radius 2 is 1.83 bits per heavy atom. The SMILES string of the molecule is CCOc1ccccc1NC(=O)CSc1ccc2nnc(CCNC(=O)c3ccc(OC)cc3)n2n1. The molecule has 2 heterocycles. The zero-order valence-corrected chi connectivity index (χ0v) is 20.7. The molecule has 0 aliphatic carbocycles. The molecule has 0 radical (unpaired) electrons. The highest BCUT2D eigenvalue weighted by Gasteiger charge is 2.12. The molecule has 2 aromatic carbocycles. The van der Waals surface area contributed by atoms with Gasteiger partial charge in [0, 0.05) is 18.5 Å². The molecule has 0 aliphatic rings. The predicted octanol–water partition coefficient (Wildman–Crippen LogP) is 3.23. The number of benzene rings is 2. The first kappa shape index (κ1) is 25.0. The quantitative estimate of drug-likeness (QED) is 0.298. The first-order valence-electron chi connectivity index (χ1n) is 11.4. The van der Waals surface area contributed by atoms with Gasteiger partial charge in [-0.3, -0.25) is 9.59 Å². The molecule has 0 spiro atoms. The molecule has 10 nitrogen and oxygen atoms in total. The smallest absolute Gasteiger partial charge is 0.251 e. The zero-order chi connectivity index (χ0) is 25.3. The van der Waals surface area contributed by atoms with Crippen LogP contribution in [0.25, 0.3) is 5.65 Å². The third-order valence-electron chi connectivity index (χ3n) is 5.10. The molecule has 0 fully saturated rings. The summed E-state index contributed by atoms with van der Waals surface area (Å²) >= 11 is 1.30. The second-order valence-electron chi connectivity index (χ2n) is 7.56. The number of carbonyl (C=O) groups is 2. The van der Waals surface area contributed by atoms with E-state index in [1.807, 2.05) is 25.1 Å². The van der Waals surface area contributed by atoms with E-state index in [0.717, 1.165) is 0 Å². The monoisotopic (exact) mass is 506 g/mol. The summed E-state index contributed by atoms with van der Waals surface area (Å²) < 4.78 is 12.3. The van der Waals surface area contributed by atoms with E-state index in [0.29, 0.717) is 58.8 Å². The molecule has 0 unspecified atom stereocenters. The Kier molecular flexibility index (Phi) is 8.35. The third-order valence-corrected chi connectivity index (χ3v) is 6.02. The number of hydrogen-bond donors (Lipinski definition) is 2. The number of fused-ring (bicyclic) bond motifs is 1. The Morgan fingerprint density at radius 3 is 2.61 bits per heavy atom. The van der Waals surface area contributed by atoms with E-state index < -0.39 is 0 Å². The Hall–Kier alpha value is -4.12. The number of aromatic nitrogens is 4. The molecule has 0 saturated carbocycles. The molecule has 4 aromatic rings. The topological polar surface area (TPSA) is 120 Å². The van der Waals surface area contributed by atoms with E-state index in [-0.39, 0.29) is 17.6 Å². The van der Waals surface area contributed by atoms with Crippen LogP contribution in [0.4, 0.5) is 5.69 Å². The number of rotatable bonds is 11. The standard InChI is InChI=1S/C25H26N6O4S/c1-3-35-20-7-5-4-6-19(20)27-23(32)16-36-24-13-12-21-28-29-22(31(21)30-24)14-15-26-25(33)17-8-10-18(34-2)11-9-17/h4-13H,3,14-16H2,1-2H3,(H,26,33)(H,27,32). The lowest BCUT2D eigenvalue weighted by Crippen LogP contribution is -2.26. The number of amides is 2. The number of hydrogen-bond acceptors (Lipinski definition) is 8. The van der Waals surface area contributed by atoms with Crippen LogP contribution in [0.2, 0.25) is 0 Å². The van der Waals surface area contributed by atoms with Crippen molar-refractivity contribution in [3.8, 4) is 11.5 Å². The molecule has 186 valence electrons. The van der Waals surface area contributed by atoms with Crippen LogP contribution in [0.1, 0.15) is 23.1 Å². The van der Waals surface area contributed by atoms with Crippen LogP contribution in [-0.2, 0) is 11.2 Å². The molecule has 2 amide bonds. The van der Waals surface area contributed by atoms with E-state index in [9.17, 15) is 9.59 Å². The molecule has 2 aromatic heterocycles. The first-order chi connectivity index (χ1) is 17.6. The molecule has 4 rings (SSSR count). The number of thioether (sulfide) groups is 1. The van der Waals surface area contributed by atoms with Gasteiger partial charge in [-0.25, -0.2) is 0 Å². The number of nitrogens with one attached hydrogen (secondary N) is 2. The van der Waals surface area contributed by atoms with Crippen LogP contribution < -0.4 is 20.1 Å². The highest BCUT2D eigenvalue weighted by Crippen LogP contribution is 2.24. The van der Waals surface area contributed by atoms with E-state index in [1.54, 1.807) is 54.1 Å². The first-order valence-corrected chi connectivity index (χ1v) is 12.3. The van der Waals surface area contributed by atoms with E-state index in [4.69, 9.17) is 9.47 Å². The summed E-state index contributed by atoms with van der Waals surface area (Å²) in [4.78, 5) is 24.9. The van der Waals surface area contributed by atoms with E-state index >= 15 is 0 Å². The molecule has 2 N–H and O–H groups in total. The number of nitrogens with zero attached hydrogens (tertiary/aromatic N) is 4. The van der Waals surface area contributed by atoms with Gasteiger partial charge in [-0.1, -0.05) is 23.9 Å². The maximum atomic E-state index is 12.5. The fourth-order valence-corrected chi connectivity index (χ4v) is 4.01. The van der Waals surface area contributed by atoms with Crippen LogP contribution >= 0.6 is 11.8 Å². The van der Waals surface area contributed by atoms with Gasteiger partial charge in [-0.05, 0) is 55.5 Å².